The number of nitrogens with zero attached hydrogens (tertiary/aromatic N) is 2. The third kappa shape index (κ3) is 2.41. The molecule has 0 aromatic carbocycles. The summed E-state index contributed by atoms with van der Waals surface area (Å²) in [5, 5.41) is 1.02. The van der Waals surface area contributed by atoms with Crippen LogP contribution in [0.1, 0.15) is 5.56 Å². The lowest BCUT2D eigenvalue weighted by Crippen LogP contribution is -2.56. The van der Waals surface area contributed by atoms with Gasteiger partial charge in [-0.3, -0.25) is 4.79 Å². The van der Waals surface area contributed by atoms with E-state index in [-0.39, 0.29) is 18.1 Å². The molecule has 2 aliphatic heterocycles. The standard InChI is InChI=1S/C15H17N3O3/c19-14(18-6-11-8-20-9-12(7-18)21-11)4-10-5-17-15-13(10)2-1-3-16-15/h1-3,5,11-12H,4,6-9H2,(H,16,17). The number of aromatic amines is 1. The first-order chi connectivity index (χ1) is 10.3. The van der Waals surface area contributed by atoms with E-state index in [0.29, 0.717) is 32.7 Å². The van der Waals surface area contributed by atoms with E-state index >= 15 is 0 Å². The Kier molecular flexibility index (Phi) is 3.12. The molecule has 0 saturated carbocycles. The van der Waals surface area contributed by atoms with E-state index < -0.39 is 0 Å². The van der Waals surface area contributed by atoms with Crippen LogP contribution in [0.25, 0.3) is 11.0 Å². The number of ether oxygens (including phenoxy) is 2. The van der Waals surface area contributed by atoms with Gasteiger partial charge in [-0.15, -0.1) is 0 Å². The second kappa shape index (κ2) is 5.13. The van der Waals surface area contributed by atoms with Crippen molar-refractivity contribution >= 4 is 16.9 Å². The Hall–Kier alpha value is -1.92. The summed E-state index contributed by atoms with van der Waals surface area (Å²) in [6.45, 7) is 2.40. The first-order valence-electron chi connectivity index (χ1n) is 7.21. The molecule has 1 N–H and O–H groups in total. The van der Waals surface area contributed by atoms with Gasteiger partial charge in [-0.2, -0.15) is 0 Å². The van der Waals surface area contributed by atoms with Gasteiger partial charge in [-0.1, -0.05) is 0 Å². The third-order valence-corrected chi connectivity index (χ3v) is 4.07. The number of amides is 1. The highest BCUT2D eigenvalue weighted by Crippen LogP contribution is 2.20. The van der Waals surface area contributed by atoms with Gasteiger partial charge < -0.3 is 19.4 Å². The van der Waals surface area contributed by atoms with Crippen molar-refractivity contribution in [3.8, 4) is 0 Å². The van der Waals surface area contributed by atoms with E-state index in [1.807, 2.05) is 23.2 Å². The molecule has 2 aromatic heterocycles. The lowest BCUT2D eigenvalue weighted by Gasteiger charge is -2.41. The fourth-order valence-electron chi connectivity index (χ4n) is 3.08. The minimum atomic E-state index is 0.0195. The quantitative estimate of drug-likeness (QED) is 0.884. The molecule has 2 aromatic rings. The van der Waals surface area contributed by atoms with Crippen molar-refractivity contribution in [1.82, 2.24) is 14.9 Å². The molecule has 110 valence electrons. The zero-order valence-electron chi connectivity index (χ0n) is 11.6. The number of fused-ring (bicyclic) bond motifs is 3. The van der Waals surface area contributed by atoms with Gasteiger partial charge in [0.15, 0.2) is 0 Å². The highest BCUT2D eigenvalue weighted by atomic mass is 16.6. The largest absolute Gasteiger partial charge is 0.376 e. The zero-order chi connectivity index (χ0) is 14.2. The molecule has 4 rings (SSSR count). The average molecular weight is 287 g/mol. The maximum atomic E-state index is 12.5. The Labute approximate surface area is 122 Å². The molecule has 2 saturated heterocycles. The summed E-state index contributed by atoms with van der Waals surface area (Å²) in [4.78, 5) is 21.8. The van der Waals surface area contributed by atoms with Crippen molar-refractivity contribution < 1.29 is 14.3 Å². The fraction of sp³-hybridized carbons (Fsp3) is 0.467. The highest BCUT2D eigenvalue weighted by Gasteiger charge is 2.34. The Balaban J connectivity index is 1.50. The number of rotatable bonds is 2. The molecule has 4 heterocycles. The van der Waals surface area contributed by atoms with Gasteiger partial charge in [-0.25, -0.2) is 4.98 Å². The summed E-state index contributed by atoms with van der Waals surface area (Å²) in [7, 11) is 0. The Morgan fingerprint density at radius 1 is 1.38 bits per heavy atom. The van der Waals surface area contributed by atoms with Gasteiger partial charge in [0.1, 0.15) is 5.65 Å². The minimum absolute atomic E-state index is 0.0195. The van der Waals surface area contributed by atoms with Gasteiger partial charge in [0.25, 0.3) is 0 Å². The number of hydrogen-bond acceptors (Lipinski definition) is 4. The van der Waals surface area contributed by atoms with Crippen LogP contribution in [0.4, 0.5) is 0 Å². The molecule has 0 aliphatic carbocycles. The molecule has 0 spiro atoms. The number of H-pyrrole nitrogens is 1. The molecule has 21 heavy (non-hydrogen) atoms. The van der Waals surface area contributed by atoms with Gasteiger partial charge in [0.2, 0.25) is 5.91 Å². The highest BCUT2D eigenvalue weighted by molar-refractivity contribution is 5.87. The van der Waals surface area contributed by atoms with Gasteiger partial charge in [0.05, 0.1) is 31.8 Å². The van der Waals surface area contributed by atoms with E-state index in [0.717, 1.165) is 16.6 Å². The molecule has 1 amide bonds. The van der Waals surface area contributed by atoms with E-state index in [1.165, 1.54) is 0 Å². The molecule has 2 aliphatic rings. The minimum Gasteiger partial charge on any atom is -0.376 e. The summed E-state index contributed by atoms with van der Waals surface area (Å²) in [6, 6.07) is 3.88. The van der Waals surface area contributed by atoms with Crippen LogP contribution in [0.3, 0.4) is 0 Å². The molecule has 2 unspecified atom stereocenters. The van der Waals surface area contributed by atoms with E-state index in [1.54, 1.807) is 6.20 Å². The zero-order valence-corrected chi connectivity index (χ0v) is 11.6. The second-order valence-electron chi connectivity index (χ2n) is 5.61. The van der Waals surface area contributed by atoms with Crippen LogP contribution < -0.4 is 0 Å². The number of hydrogen-bond donors (Lipinski definition) is 1. The van der Waals surface area contributed by atoms with Crippen molar-refractivity contribution in [2.45, 2.75) is 18.6 Å². The van der Waals surface area contributed by atoms with E-state index in [2.05, 4.69) is 9.97 Å². The molecule has 2 fully saturated rings. The molecule has 2 atom stereocenters. The Bertz CT molecular complexity index is 657. The first-order valence-corrected chi connectivity index (χ1v) is 7.21. The number of pyridine rings is 1. The normalized spacial score (nSPS) is 25.2. The molecular weight excluding hydrogens is 270 g/mol. The summed E-state index contributed by atoms with van der Waals surface area (Å²) in [5.41, 5.74) is 1.82. The van der Waals surface area contributed by atoms with Crippen LogP contribution in [0.15, 0.2) is 24.5 Å². The van der Waals surface area contributed by atoms with Crippen molar-refractivity contribution in [2.24, 2.45) is 0 Å². The predicted molar refractivity (Wildman–Crippen MR) is 75.9 cm³/mol. The molecule has 0 radical (unpaired) electrons. The smallest absolute Gasteiger partial charge is 0.227 e. The topological polar surface area (TPSA) is 67.5 Å². The lowest BCUT2D eigenvalue weighted by atomic mass is 10.1. The fourth-order valence-corrected chi connectivity index (χ4v) is 3.08. The second-order valence-corrected chi connectivity index (χ2v) is 5.61. The van der Waals surface area contributed by atoms with Crippen molar-refractivity contribution in [3.05, 3.63) is 30.1 Å². The van der Waals surface area contributed by atoms with Gasteiger partial charge in [0, 0.05) is 30.9 Å². The van der Waals surface area contributed by atoms with Crippen molar-refractivity contribution in [3.63, 3.8) is 0 Å². The number of carbonyl (C=O) groups excluding carboxylic acids is 1. The number of nitrogens with one attached hydrogen (secondary N) is 1. The van der Waals surface area contributed by atoms with Gasteiger partial charge in [-0.05, 0) is 17.7 Å². The third-order valence-electron chi connectivity index (χ3n) is 4.07. The first kappa shape index (κ1) is 12.8. The molecular formula is C15H17N3O3. The predicted octanol–water partition coefficient (Wildman–Crippen LogP) is 0.732. The van der Waals surface area contributed by atoms with Crippen LogP contribution >= 0.6 is 0 Å². The van der Waals surface area contributed by atoms with Crippen molar-refractivity contribution in [1.29, 1.82) is 0 Å². The number of aromatic nitrogens is 2. The maximum Gasteiger partial charge on any atom is 0.227 e. The molecule has 6 heteroatoms. The Morgan fingerprint density at radius 2 is 2.19 bits per heavy atom. The summed E-state index contributed by atoms with van der Waals surface area (Å²) < 4.78 is 11.2. The Morgan fingerprint density at radius 3 is 3.00 bits per heavy atom. The molecule has 6 nitrogen and oxygen atoms in total. The van der Waals surface area contributed by atoms with Crippen LogP contribution in [0.2, 0.25) is 0 Å². The maximum absolute atomic E-state index is 12.5. The summed E-state index contributed by atoms with van der Waals surface area (Å²) in [6.07, 6.45) is 4.05. The van der Waals surface area contributed by atoms with Crippen LogP contribution in [0.5, 0.6) is 0 Å². The number of morpholine rings is 1. The van der Waals surface area contributed by atoms with Crippen LogP contribution in [-0.4, -0.2) is 59.3 Å². The van der Waals surface area contributed by atoms with E-state index in [9.17, 15) is 4.79 Å². The summed E-state index contributed by atoms with van der Waals surface area (Å²) in [5.74, 6) is 0.139. The number of carbonyl (C=O) groups is 1. The van der Waals surface area contributed by atoms with Crippen molar-refractivity contribution in [2.75, 3.05) is 26.3 Å². The average Bonchev–Trinajstić information content (AvgIpc) is 2.90. The van der Waals surface area contributed by atoms with Gasteiger partial charge >= 0.3 is 0 Å². The van der Waals surface area contributed by atoms with Crippen LogP contribution in [-0.2, 0) is 20.7 Å². The SMILES string of the molecule is O=C(Cc1c[nH]c2ncccc12)N1CC2COCC(C1)O2. The monoisotopic (exact) mass is 287 g/mol. The summed E-state index contributed by atoms with van der Waals surface area (Å²) >= 11 is 0. The molecule has 2 bridgehead atoms. The van der Waals surface area contributed by atoms with Crippen LogP contribution in [0, 0.1) is 0 Å². The van der Waals surface area contributed by atoms with E-state index in [4.69, 9.17) is 9.47 Å². The lowest BCUT2D eigenvalue weighted by molar-refractivity contribution is -0.185.